The van der Waals surface area contributed by atoms with Gasteiger partial charge in [-0.2, -0.15) is 0 Å². The highest BCUT2D eigenvalue weighted by molar-refractivity contribution is 5.77. The van der Waals surface area contributed by atoms with Gasteiger partial charge in [-0.15, -0.1) is 0 Å². The van der Waals surface area contributed by atoms with E-state index in [1.165, 1.54) is 13.2 Å². The summed E-state index contributed by atoms with van der Waals surface area (Å²) in [7, 11) is 1.47. The fraction of sp³-hybridized carbons (Fsp3) is 0.300. The Morgan fingerprint density at radius 3 is 2.42 bits per heavy atom. The first-order chi connectivity index (χ1) is 12.5. The molecule has 0 unspecified atom stereocenters. The molecule has 6 heteroatoms. The molecule has 0 saturated heterocycles. The van der Waals surface area contributed by atoms with Crippen molar-refractivity contribution in [3.8, 4) is 17.2 Å². The lowest BCUT2D eigenvalue weighted by Crippen LogP contribution is -2.28. The van der Waals surface area contributed by atoms with Gasteiger partial charge in [0.15, 0.2) is 18.1 Å². The number of benzene rings is 2. The Balaban J connectivity index is 1.77. The number of methoxy groups -OCH3 is 1. The molecule has 0 aliphatic carbocycles. The Hall–Kier alpha value is -3.02. The molecule has 0 spiro atoms. The summed E-state index contributed by atoms with van der Waals surface area (Å²) in [5.41, 5.74) is 1.86. The predicted molar refractivity (Wildman–Crippen MR) is 97.4 cm³/mol. The van der Waals surface area contributed by atoms with Crippen LogP contribution in [0.5, 0.6) is 17.2 Å². The summed E-state index contributed by atoms with van der Waals surface area (Å²) in [4.78, 5) is 22.9. The molecule has 26 heavy (non-hydrogen) atoms. The Kier molecular flexibility index (Phi) is 7.02. The van der Waals surface area contributed by atoms with E-state index in [0.29, 0.717) is 30.9 Å². The maximum absolute atomic E-state index is 11.9. The van der Waals surface area contributed by atoms with Crippen LogP contribution in [-0.4, -0.2) is 30.5 Å². The topological polar surface area (TPSA) is 84.9 Å². The lowest BCUT2D eigenvalue weighted by Gasteiger charge is -2.09. The Labute approximate surface area is 152 Å². The molecule has 0 radical (unpaired) electrons. The molecular formula is C20H23NO5. The second-order valence-corrected chi connectivity index (χ2v) is 5.92. The second kappa shape index (κ2) is 9.46. The fourth-order valence-corrected chi connectivity index (χ4v) is 2.31. The molecule has 2 rings (SSSR count). The van der Waals surface area contributed by atoms with Crippen molar-refractivity contribution in [1.29, 1.82) is 0 Å². The average molecular weight is 357 g/mol. The molecule has 2 aromatic carbocycles. The number of phenols is 1. The summed E-state index contributed by atoms with van der Waals surface area (Å²) in [5, 5.41) is 12.3. The quantitative estimate of drug-likeness (QED) is 0.721. The largest absolute Gasteiger partial charge is 0.504 e. The number of Topliss-reactive ketones (excluding diaryl/α,β-unsaturated/α-hetero) is 1. The Morgan fingerprint density at radius 2 is 1.77 bits per heavy atom. The number of carbonyl (C=O) groups excluding carboxylic acids is 2. The highest BCUT2D eigenvalue weighted by Crippen LogP contribution is 2.26. The van der Waals surface area contributed by atoms with Crippen molar-refractivity contribution >= 4 is 11.7 Å². The molecule has 0 fully saturated rings. The predicted octanol–water partition coefficient (Wildman–Crippen LogP) is 2.62. The van der Waals surface area contributed by atoms with E-state index in [1.807, 2.05) is 12.1 Å². The van der Waals surface area contributed by atoms with Gasteiger partial charge in [0.25, 0.3) is 5.91 Å². The van der Waals surface area contributed by atoms with Crippen molar-refractivity contribution in [2.24, 2.45) is 0 Å². The van der Waals surface area contributed by atoms with E-state index < -0.39 is 0 Å². The van der Waals surface area contributed by atoms with Gasteiger partial charge in [-0.25, -0.2) is 0 Å². The van der Waals surface area contributed by atoms with E-state index >= 15 is 0 Å². The SMILES string of the molecule is COc1cc(CNC(=O)COc2ccc(CCC(C)=O)cc2)ccc1O. The van der Waals surface area contributed by atoms with E-state index in [0.717, 1.165) is 11.1 Å². The van der Waals surface area contributed by atoms with Gasteiger partial charge in [0.05, 0.1) is 7.11 Å². The number of ether oxygens (including phenoxy) is 2. The molecule has 0 aromatic heterocycles. The highest BCUT2D eigenvalue weighted by atomic mass is 16.5. The lowest BCUT2D eigenvalue weighted by molar-refractivity contribution is -0.123. The molecule has 0 saturated carbocycles. The van der Waals surface area contributed by atoms with Crippen molar-refractivity contribution in [3.05, 3.63) is 53.6 Å². The zero-order valence-electron chi connectivity index (χ0n) is 15.0. The van der Waals surface area contributed by atoms with Gasteiger partial charge in [-0.05, 0) is 48.7 Å². The van der Waals surface area contributed by atoms with Crippen LogP contribution in [0.2, 0.25) is 0 Å². The van der Waals surface area contributed by atoms with Crippen LogP contribution in [-0.2, 0) is 22.6 Å². The van der Waals surface area contributed by atoms with Gasteiger partial charge in [0, 0.05) is 13.0 Å². The van der Waals surface area contributed by atoms with E-state index in [9.17, 15) is 14.7 Å². The van der Waals surface area contributed by atoms with Crippen LogP contribution in [0.25, 0.3) is 0 Å². The first kappa shape index (κ1) is 19.3. The number of ketones is 1. The van der Waals surface area contributed by atoms with Gasteiger partial charge in [0.2, 0.25) is 0 Å². The minimum atomic E-state index is -0.252. The number of nitrogens with one attached hydrogen (secondary N) is 1. The standard InChI is InChI=1S/C20H23NO5/c1-14(22)3-4-15-5-8-17(9-6-15)26-13-20(24)21-12-16-7-10-18(23)19(11-16)25-2/h5-11,23H,3-4,12-13H2,1-2H3,(H,21,24). The first-order valence-electron chi connectivity index (χ1n) is 8.31. The summed E-state index contributed by atoms with van der Waals surface area (Å²) in [6.45, 7) is 1.79. The van der Waals surface area contributed by atoms with Gasteiger partial charge in [-0.1, -0.05) is 18.2 Å². The van der Waals surface area contributed by atoms with Crippen molar-refractivity contribution in [2.45, 2.75) is 26.3 Å². The molecular weight excluding hydrogens is 334 g/mol. The number of aryl methyl sites for hydroxylation is 1. The summed E-state index contributed by atoms with van der Waals surface area (Å²) < 4.78 is 10.5. The minimum absolute atomic E-state index is 0.0534. The van der Waals surface area contributed by atoms with E-state index in [4.69, 9.17) is 9.47 Å². The number of hydrogen-bond acceptors (Lipinski definition) is 5. The number of phenolic OH excluding ortho intramolecular Hbond substituents is 1. The Bertz CT molecular complexity index is 755. The molecule has 138 valence electrons. The maximum atomic E-state index is 11.9. The maximum Gasteiger partial charge on any atom is 0.258 e. The van der Waals surface area contributed by atoms with Gasteiger partial charge < -0.3 is 24.7 Å². The van der Waals surface area contributed by atoms with Crippen molar-refractivity contribution in [1.82, 2.24) is 5.32 Å². The third-order valence-electron chi connectivity index (χ3n) is 3.79. The number of hydrogen-bond donors (Lipinski definition) is 2. The molecule has 0 heterocycles. The first-order valence-corrected chi connectivity index (χ1v) is 8.31. The van der Waals surface area contributed by atoms with Crippen LogP contribution < -0.4 is 14.8 Å². The second-order valence-electron chi connectivity index (χ2n) is 5.92. The molecule has 0 aliphatic rings. The zero-order chi connectivity index (χ0) is 18.9. The van der Waals surface area contributed by atoms with Crippen LogP contribution >= 0.6 is 0 Å². The van der Waals surface area contributed by atoms with Gasteiger partial charge in [-0.3, -0.25) is 4.79 Å². The third-order valence-corrected chi connectivity index (χ3v) is 3.79. The molecule has 0 aliphatic heterocycles. The van der Waals surface area contributed by atoms with E-state index in [1.54, 1.807) is 31.2 Å². The Morgan fingerprint density at radius 1 is 1.08 bits per heavy atom. The van der Waals surface area contributed by atoms with Gasteiger partial charge in [0.1, 0.15) is 11.5 Å². The van der Waals surface area contributed by atoms with Crippen LogP contribution in [0, 0.1) is 0 Å². The third kappa shape index (κ3) is 6.12. The van der Waals surface area contributed by atoms with Crippen LogP contribution in [0.1, 0.15) is 24.5 Å². The smallest absolute Gasteiger partial charge is 0.258 e. The molecule has 0 bridgehead atoms. The minimum Gasteiger partial charge on any atom is -0.504 e. The molecule has 2 aromatic rings. The number of carbonyl (C=O) groups is 2. The van der Waals surface area contributed by atoms with Crippen molar-refractivity contribution in [3.63, 3.8) is 0 Å². The van der Waals surface area contributed by atoms with Gasteiger partial charge >= 0.3 is 0 Å². The zero-order valence-corrected chi connectivity index (χ0v) is 15.0. The number of amides is 1. The summed E-state index contributed by atoms with van der Waals surface area (Å²) in [6, 6.07) is 12.2. The fourth-order valence-electron chi connectivity index (χ4n) is 2.31. The normalized spacial score (nSPS) is 10.2. The molecule has 0 atom stereocenters. The van der Waals surface area contributed by atoms with E-state index in [2.05, 4.69) is 5.32 Å². The lowest BCUT2D eigenvalue weighted by atomic mass is 10.1. The number of aromatic hydroxyl groups is 1. The molecule has 1 amide bonds. The number of rotatable bonds is 9. The van der Waals surface area contributed by atoms with Crippen molar-refractivity contribution in [2.75, 3.05) is 13.7 Å². The van der Waals surface area contributed by atoms with Crippen molar-refractivity contribution < 1.29 is 24.2 Å². The summed E-state index contributed by atoms with van der Waals surface area (Å²) in [5.74, 6) is 0.916. The van der Waals surface area contributed by atoms with Crippen LogP contribution in [0.15, 0.2) is 42.5 Å². The highest BCUT2D eigenvalue weighted by Gasteiger charge is 2.06. The monoisotopic (exact) mass is 357 g/mol. The van der Waals surface area contributed by atoms with Crippen LogP contribution in [0.3, 0.4) is 0 Å². The average Bonchev–Trinajstić information content (AvgIpc) is 2.64. The summed E-state index contributed by atoms with van der Waals surface area (Å²) >= 11 is 0. The molecule has 2 N–H and O–H groups in total. The molecule has 6 nitrogen and oxygen atoms in total. The summed E-state index contributed by atoms with van der Waals surface area (Å²) in [6.07, 6.45) is 1.22. The van der Waals surface area contributed by atoms with Crippen LogP contribution in [0.4, 0.5) is 0 Å². The van der Waals surface area contributed by atoms with E-state index in [-0.39, 0.29) is 24.0 Å².